The lowest BCUT2D eigenvalue weighted by molar-refractivity contribution is -0.139. The van der Waals surface area contributed by atoms with Gasteiger partial charge >= 0.3 is 0 Å². The van der Waals surface area contributed by atoms with E-state index in [-0.39, 0.29) is 23.0 Å². The van der Waals surface area contributed by atoms with E-state index < -0.39 is 40.2 Å². The third kappa shape index (κ3) is 7.94. The minimum Gasteiger partial charge on any atom is -0.354 e. The zero-order valence-corrected chi connectivity index (χ0v) is 24.1. The molecule has 0 aliphatic heterocycles. The summed E-state index contributed by atoms with van der Waals surface area (Å²) < 4.78 is 41.9. The summed E-state index contributed by atoms with van der Waals surface area (Å²) in [5.41, 5.74) is 0.618. The van der Waals surface area contributed by atoms with Gasteiger partial charge in [-0.05, 0) is 66.9 Å². The quantitative estimate of drug-likeness (QED) is 0.317. The lowest BCUT2D eigenvalue weighted by atomic mass is 10.1. The van der Waals surface area contributed by atoms with Crippen molar-refractivity contribution in [3.05, 3.63) is 94.2 Å². The Morgan fingerprint density at radius 2 is 1.59 bits per heavy atom. The standard InChI is InChI=1S/C28H30Cl2FN3O4S/c1-19(2)16-32-28(36)20(3)33(17-21-9-10-22(29)15-26(21)30)27(35)18-34(24-13-11-23(31)12-14-24)39(37,38)25-7-5-4-6-8-25/h4-15,19-20H,16-18H2,1-3H3,(H,32,36)/t20-/m1/s1. The lowest BCUT2D eigenvalue weighted by Gasteiger charge is -2.32. The minimum absolute atomic E-state index is 0.0443. The van der Waals surface area contributed by atoms with Gasteiger partial charge in [0.25, 0.3) is 10.0 Å². The normalized spacial score (nSPS) is 12.2. The molecule has 0 aromatic heterocycles. The molecule has 3 rings (SSSR count). The molecule has 1 N–H and O–H groups in total. The number of anilines is 1. The van der Waals surface area contributed by atoms with Gasteiger partial charge in [0.05, 0.1) is 10.6 Å². The highest BCUT2D eigenvalue weighted by atomic mass is 35.5. The number of halogens is 3. The lowest BCUT2D eigenvalue weighted by Crippen LogP contribution is -2.51. The van der Waals surface area contributed by atoms with Crippen LogP contribution < -0.4 is 9.62 Å². The maximum Gasteiger partial charge on any atom is 0.264 e. The van der Waals surface area contributed by atoms with E-state index in [1.807, 2.05) is 13.8 Å². The fourth-order valence-electron chi connectivity index (χ4n) is 3.72. The molecule has 11 heteroatoms. The van der Waals surface area contributed by atoms with E-state index in [1.165, 1.54) is 35.2 Å². The predicted octanol–water partition coefficient (Wildman–Crippen LogP) is 5.52. The Labute approximate surface area is 238 Å². The number of rotatable bonds is 11. The summed E-state index contributed by atoms with van der Waals surface area (Å²) in [6.07, 6.45) is 0. The Kier molecular flexibility index (Phi) is 10.4. The van der Waals surface area contributed by atoms with Crippen molar-refractivity contribution in [1.29, 1.82) is 0 Å². The highest BCUT2D eigenvalue weighted by Crippen LogP contribution is 2.26. The Morgan fingerprint density at radius 3 is 2.18 bits per heavy atom. The molecule has 0 aliphatic rings. The summed E-state index contributed by atoms with van der Waals surface area (Å²) in [6, 6.07) is 16.2. The van der Waals surface area contributed by atoms with Crippen molar-refractivity contribution in [3.63, 3.8) is 0 Å². The van der Waals surface area contributed by atoms with Gasteiger partial charge in [0.15, 0.2) is 0 Å². The summed E-state index contributed by atoms with van der Waals surface area (Å²) in [5.74, 6) is -1.43. The molecule has 3 aromatic carbocycles. The average molecular weight is 595 g/mol. The van der Waals surface area contributed by atoms with Crippen LogP contribution in [0.2, 0.25) is 10.0 Å². The maximum atomic E-state index is 13.8. The second kappa shape index (κ2) is 13.3. The van der Waals surface area contributed by atoms with Crippen LogP contribution in [0.15, 0.2) is 77.7 Å². The number of nitrogens with zero attached hydrogens (tertiary/aromatic N) is 2. The Balaban J connectivity index is 2.01. The molecule has 3 aromatic rings. The van der Waals surface area contributed by atoms with E-state index in [9.17, 15) is 22.4 Å². The minimum atomic E-state index is -4.23. The van der Waals surface area contributed by atoms with Gasteiger partial charge in [0.1, 0.15) is 18.4 Å². The van der Waals surface area contributed by atoms with E-state index in [2.05, 4.69) is 5.32 Å². The van der Waals surface area contributed by atoms with E-state index in [0.29, 0.717) is 22.2 Å². The molecule has 0 spiro atoms. The second-order valence-electron chi connectivity index (χ2n) is 9.37. The molecule has 2 amide bonds. The molecule has 0 unspecified atom stereocenters. The molecule has 0 heterocycles. The molecular formula is C28H30Cl2FN3O4S. The van der Waals surface area contributed by atoms with E-state index >= 15 is 0 Å². The van der Waals surface area contributed by atoms with Gasteiger partial charge in [-0.2, -0.15) is 0 Å². The molecule has 0 fully saturated rings. The largest absolute Gasteiger partial charge is 0.354 e. The summed E-state index contributed by atoms with van der Waals surface area (Å²) in [6.45, 7) is 5.12. The fourth-order valence-corrected chi connectivity index (χ4v) is 5.63. The molecule has 7 nitrogen and oxygen atoms in total. The van der Waals surface area contributed by atoms with E-state index in [0.717, 1.165) is 16.4 Å². The SMILES string of the molecule is CC(C)CNC(=O)[C@@H](C)N(Cc1ccc(Cl)cc1Cl)C(=O)CN(c1ccc(F)cc1)S(=O)(=O)c1ccccc1. The van der Waals surface area contributed by atoms with Gasteiger partial charge in [-0.3, -0.25) is 13.9 Å². The van der Waals surface area contributed by atoms with Crippen LogP contribution in [0.3, 0.4) is 0 Å². The molecule has 1 atom stereocenters. The summed E-state index contributed by atoms with van der Waals surface area (Å²) in [5, 5.41) is 3.51. The first kappa shape index (κ1) is 30.4. The monoisotopic (exact) mass is 593 g/mol. The molecule has 208 valence electrons. The molecule has 0 saturated carbocycles. The van der Waals surface area contributed by atoms with Crippen molar-refractivity contribution in [2.45, 2.75) is 38.3 Å². The van der Waals surface area contributed by atoms with Gasteiger partial charge < -0.3 is 10.2 Å². The number of nitrogens with one attached hydrogen (secondary N) is 1. The van der Waals surface area contributed by atoms with Crippen LogP contribution in [0.1, 0.15) is 26.3 Å². The summed E-state index contributed by atoms with van der Waals surface area (Å²) in [4.78, 5) is 28.1. The van der Waals surface area contributed by atoms with Gasteiger partial charge in [-0.15, -0.1) is 0 Å². The number of carbonyl (C=O) groups is 2. The van der Waals surface area contributed by atoms with E-state index in [4.69, 9.17) is 23.2 Å². The number of hydrogen-bond donors (Lipinski definition) is 1. The zero-order valence-electron chi connectivity index (χ0n) is 21.8. The number of carbonyl (C=O) groups excluding carboxylic acids is 2. The van der Waals surface area contributed by atoms with Crippen molar-refractivity contribution in [1.82, 2.24) is 10.2 Å². The van der Waals surface area contributed by atoms with Crippen molar-refractivity contribution in [2.75, 3.05) is 17.4 Å². The smallest absolute Gasteiger partial charge is 0.264 e. The number of benzene rings is 3. The molecule has 0 radical (unpaired) electrons. The first-order valence-corrected chi connectivity index (χ1v) is 14.4. The van der Waals surface area contributed by atoms with Crippen molar-refractivity contribution >= 4 is 50.7 Å². The van der Waals surface area contributed by atoms with Gasteiger partial charge in [0, 0.05) is 23.1 Å². The topological polar surface area (TPSA) is 86.8 Å². The number of sulfonamides is 1. The Bertz CT molecular complexity index is 1400. The third-order valence-electron chi connectivity index (χ3n) is 5.93. The van der Waals surface area contributed by atoms with Crippen LogP contribution in [0.25, 0.3) is 0 Å². The van der Waals surface area contributed by atoms with Crippen molar-refractivity contribution in [3.8, 4) is 0 Å². The van der Waals surface area contributed by atoms with Crippen LogP contribution in [0.4, 0.5) is 10.1 Å². The molecule has 0 bridgehead atoms. The molecule has 39 heavy (non-hydrogen) atoms. The first-order valence-electron chi connectivity index (χ1n) is 12.2. The van der Waals surface area contributed by atoms with Crippen molar-refractivity contribution < 1.29 is 22.4 Å². The predicted molar refractivity (Wildman–Crippen MR) is 152 cm³/mol. The molecule has 0 aliphatic carbocycles. The number of hydrogen-bond acceptors (Lipinski definition) is 4. The van der Waals surface area contributed by atoms with Gasteiger partial charge in [0.2, 0.25) is 11.8 Å². The van der Waals surface area contributed by atoms with Crippen LogP contribution in [-0.2, 0) is 26.2 Å². The summed E-state index contributed by atoms with van der Waals surface area (Å²) in [7, 11) is -4.23. The maximum absolute atomic E-state index is 13.8. The average Bonchev–Trinajstić information content (AvgIpc) is 2.90. The number of amides is 2. The Hall–Kier alpha value is -3.14. The highest BCUT2D eigenvalue weighted by molar-refractivity contribution is 7.92. The zero-order chi connectivity index (χ0) is 28.7. The molecule has 0 saturated heterocycles. The molecular weight excluding hydrogens is 564 g/mol. The van der Waals surface area contributed by atoms with Crippen molar-refractivity contribution in [2.24, 2.45) is 5.92 Å². The van der Waals surface area contributed by atoms with Gasteiger partial charge in [-0.25, -0.2) is 12.8 Å². The van der Waals surface area contributed by atoms with Crippen LogP contribution in [-0.4, -0.2) is 44.3 Å². The Morgan fingerprint density at radius 1 is 0.949 bits per heavy atom. The van der Waals surface area contributed by atoms with Crippen LogP contribution >= 0.6 is 23.2 Å². The van der Waals surface area contributed by atoms with Crippen LogP contribution in [0, 0.1) is 11.7 Å². The summed E-state index contributed by atoms with van der Waals surface area (Å²) >= 11 is 12.4. The highest BCUT2D eigenvalue weighted by Gasteiger charge is 2.32. The second-order valence-corrected chi connectivity index (χ2v) is 12.1. The van der Waals surface area contributed by atoms with E-state index in [1.54, 1.807) is 37.3 Å². The first-order chi connectivity index (χ1) is 18.4. The fraction of sp³-hybridized carbons (Fsp3) is 0.286. The van der Waals surface area contributed by atoms with Crippen LogP contribution in [0.5, 0.6) is 0 Å². The third-order valence-corrected chi connectivity index (χ3v) is 8.31. The van der Waals surface area contributed by atoms with Gasteiger partial charge in [-0.1, -0.05) is 61.3 Å².